The highest BCUT2D eigenvalue weighted by molar-refractivity contribution is 5.95. The Morgan fingerprint density at radius 3 is 2.53 bits per heavy atom. The number of aromatic nitrogens is 2. The molecular formula is C34H26F3N5O5. The van der Waals surface area contributed by atoms with Crippen LogP contribution in [0.2, 0.25) is 0 Å². The molecule has 238 valence electrons. The summed E-state index contributed by atoms with van der Waals surface area (Å²) in [5.74, 6) is -0.0121. The third-order valence-corrected chi connectivity index (χ3v) is 7.46. The summed E-state index contributed by atoms with van der Waals surface area (Å²) in [4.78, 5) is 39.1. The van der Waals surface area contributed by atoms with Crippen LogP contribution in [0.3, 0.4) is 0 Å². The number of fused-ring (bicyclic) bond motifs is 1. The van der Waals surface area contributed by atoms with Crippen LogP contribution in [0.5, 0.6) is 5.75 Å². The fraction of sp³-hybridized carbons (Fsp3) is 0.206. The van der Waals surface area contributed by atoms with Crippen molar-refractivity contribution >= 4 is 34.6 Å². The summed E-state index contributed by atoms with van der Waals surface area (Å²) in [6.07, 6.45) is -4.84. The summed E-state index contributed by atoms with van der Waals surface area (Å²) in [6, 6.07) is 18.9. The molecule has 2 aromatic heterocycles. The summed E-state index contributed by atoms with van der Waals surface area (Å²) in [7, 11) is 0. The van der Waals surface area contributed by atoms with Crippen molar-refractivity contribution in [3.63, 3.8) is 0 Å². The first-order chi connectivity index (χ1) is 22.5. The average Bonchev–Trinajstić information content (AvgIpc) is 3.66. The van der Waals surface area contributed by atoms with E-state index < -0.39 is 18.6 Å². The number of benzene rings is 3. The van der Waals surface area contributed by atoms with E-state index in [-0.39, 0.29) is 42.0 Å². The summed E-state index contributed by atoms with van der Waals surface area (Å²) in [6.45, 7) is 11.5. The van der Waals surface area contributed by atoms with Crippen molar-refractivity contribution in [3.8, 4) is 28.3 Å². The second-order valence-corrected chi connectivity index (χ2v) is 11.0. The van der Waals surface area contributed by atoms with Gasteiger partial charge in [-0.25, -0.2) is 19.6 Å². The maximum absolute atomic E-state index is 12.9. The number of para-hydroxylation sites is 1. The number of nitrogens with zero attached hydrogens (tertiary/aromatic N) is 4. The zero-order valence-corrected chi connectivity index (χ0v) is 25.0. The maximum atomic E-state index is 12.9. The van der Waals surface area contributed by atoms with E-state index in [4.69, 9.17) is 15.7 Å². The Kier molecular flexibility index (Phi) is 8.25. The molecule has 0 saturated carbocycles. The molecule has 0 unspecified atom stereocenters. The van der Waals surface area contributed by atoms with Gasteiger partial charge in [0, 0.05) is 28.5 Å². The zero-order chi connectivity index (χ0) is 33.3. The first-order valence-electron chi connectivity index (χ1n) is 14.5. The molecule has 1 aliphatic heterocycles. The molecule has 0 bridgehead atoms. The topological polar surface area (TPSA) is 111 Å². The first kappa shape index (κ1) is 31.1. The van der Waals surface area contributed by atoms with E-state index in [9.17, 15) is 22.8 Å². The lowest BCUT2D eigenvalue weighted by molar-refractivity contribution is -0.274. The van der Waals surface area contributed by atoms with Crippen LogP contribution in [-0.4, -0.2) is 47.5 Å². The fourth-order valence-corrected chi connectivity index (χ4v) is 5.17. The predicted molar refractivity (Wildman–Crippen MR) is 166 cm³/mol. The molecule has 3 aromatic carbocycles. The molecule has 1 fully saturated rings. The van der Waals surface area contributed by atoms with Crippen molar-refractivity contribution in [2.75, 3.05) is 18.0 Å². The molecule has 5 aromatic rings. The maximum Gasteiger partial charge on any atom is 0.573 e. The first-order valence-corrected chi connectivity index (χ1v) is 14.5. The van der Waals surface area contributed by atoms with Gasteiger partial charge in [0.2, 0.25) is 5.89 Å². The van der Waals surface area contributed by atoms with Crippen LogP contribution in [-0.2, 0) is 4.74 Å². The smallest absolute Gasteiger partial charge is 0.442 e. The number of oxazole rings is 1. The molecule has 1 saturated heterocycles. The van der Waals surface area contributed by atoms with Gasteiger partial charge >= 0.3 is 12.5 Å². The van der Waals surface area contributed by atoms with Crippen molar-refractivity contribution in [1.29, 1.82) is 0 Å². The minimum Gasteiger partial charge on any atom is -0.442 e. The lowest BCUT2D eigenvalue weighted by Crippen LogP contribution is -2.34. The van der Waals surface area contributed by atoms with E-state index in [0.29, 0.717) is 39.4 Å². The minimum absolute atomic E-state index is 0.0373. The zero-order valence-electron chi connectivity index (χ0n) is 25.0. The standard InChI is InChI=1S/C34H26F3N5O5/c1-19(2)26-14-23(38-3)15-27-30(26)46-32(41-27)21-10-8-20(9-11-21)31(43)40-17-24-18-42(33(44)45-24)29-13-12-22(16-39-29)25-6-4-5-7-28(25)47-34(35,36)37/h4-16,19,24H,17-18H2,1-2H3,(H,40,43)/t24-/m0/s1. The van der Waals surface area contributed by atoms with E-state index in [0.717, 1.165) is 5.56 Å². The minimum atomic E-state index is -4.85. The fourth-order valence-electron chi connectivity index (χ4n) is 5.17. The average molecular weight is 642 g/mol. The summed E-state index contributed by atoms with van der Waals surface area (Å²) < 4.78 is 54.0. The summed E-state index contributed by atoms with van der Waals surface area (Å²) >= 11 is 0. The number of hydrogen-bond donors (Lipinski definition) is 1. The van der Waals surface area contributed by atoms with Gasteiger partial charge in [0.05, 0.1) is 25.2 Å². The van der Waals surface area contributed by atoms with Crippen molar-refractivity contribution < 1.29 is 36.7 Å². The van der Waals surface area contributed by atoms with Crippen molar-refractivity contribution in [1.82, 2.24) is 15.3 Å². The molecule has 6 rings (SSSR count). The molecule has 2 amide bonds. The molecule has 3 heterocycles. The number of amides is 2. The van der Waals surface area contributed by atoms with Crippen LogP contribution in [0.15, 0.2) is 83.4 Å². The Bertz CT molecular complexity index is 2000. The Morgan fingerprint density at radius 2 is 1.85 bits per heavy atom. The number of carbonyl (C=O) groups excluding carboxylic acids is 2. The highest BCUT2D eigenvalue weighted by Gasteiger charge is 2.34. The molecular weight excluding hydrogens is 615 g/mol. The molecule has 10 nitrogen and oxygen atoms in total. The Labute approximate surface area is 266 Å². The van der Waals surface area contributed by atoms with Crippen LogP contribution in [0.1, 0.15) is 35.7 Å². The monoisotopic (exact) mass is 641 g/mol. The van der Waals surface area contributed by atoms with Crippen LogP contribution >= 0.6 is 0 Å². The summed E-state index contributed by atoms with van der Waals surface area (Å²) in [5.41, 5.74) is 4.17. The van der Waals surface area contributed by atoms with Crippen LogP contribution in [0.25, 0.3) is 38.5 Å². The predicted octanol–water partition coefficient (Wildman–Crippen LogP) is 7.88. The number of rotatable bonds is 8. The van der Waals surface area contributed by atoms with Gasteiger partial charge in [0.25, 0.3) is 5.91 Å². The van der Waals surface area contributed by atoms with Crippen molar-refractivity contribution in [3.05, 3.63) is 102 Å². The lowest BCUT2D eigenvalue weighted by atomic mass is 10.0. The number of anilines is 1. The van der Waals surface area contributed by atoms with Gasteiger partial charge in [0.15, 0.2) is 11.3 Å². The van der Waals surface area contributed by atoms with Gasteiger partial charge in [-0.2, -0.15) is 0 Å². The van der Waals surface area contributed by atoms with E-state index in [1.807, 2.05) is 13.8 Å². The number of pyridine rings is 1. The molecule has 1 aliphatic rings. The number of alkyl halides is 3. The number of ether oxygens (including phenoxy) is 2. The molecule has 1 N–H and O–H groups in total. The molecule has 0 spiro atoms. The number of halogens is 3. The SMILES string of the molecule is [C-]#[N+]c1cc(C(C)C)c2oc(-c3ccc(C(=O)NC[C@H]4CN(c5ccc(-c6ccccc6OC(F)(F)F)cn5)C(=O)O4)cc3)nc2c1. The van der Waals surface area contributed by atoms with E-state index in [1.165, 1.54) is 41.4 Å². The van der Waals surface area contributed by atoms with E-state index in [2.05, 4.69) is 24.9 Å². The van der Waals surface area contributed by atoms with Crippen LogP contribution in [0.4, 0.5) is 29.5 Å². The third-order valence-electron chi connectivity index (χ3n) is 7.46. The second-order valence-electron chi connectivity index (χ2n) is 11.0. The normalized spacial score (nSPS) is 14.7. The quantitative estimate of drug-likeness (QED) is 0.172. The highest BCUT2D eigenvalue weighted by atomic mass is 19.4. The van der Waals surface area contributed by atoms with Gasteiger partial charge in [0.1, 0.15) is 17.7 Å². The highest BCUT2D eigenvalue weighted by Crippen LogP contribution is 2.35. The number of cyclic esters (lactones) is 1. The Balaban J connectivity index is 1.08. The van der Waals surface area contributed by atoms with Crippen LogP contribution in [0, 0.1) is 6.57 Å². The van der Waals surface area contributed by atoms with Gasteiger partial charge in [-0.3, -0.25) is 9.69 Å². The Morgan fingerprint density at radius 1 is 1.11 bits per heavy atom. The van der Waals surface area contributed by atoms with Gasteiger partial charge < -0.3 is 19.2 Å². The number of carbonyl (C=O) groups is 2. The lowest BCUT2D eigenvalue weighted by Gasteiger charge is -2.15. The van der Waals surface area contributed by atoms with Gasteiger partial charge in [-0.05, 0) is 66.1 Å². The van der Waals surface area contributed by atoms with E-state index in [1.54, 1.807) is 42.5 Å². The van der Waals surface area contributed by atoms with Crippen LogP contribution < -0.4 is 15.0 Å². The second kappa shape index (κ2) is 12.5. The molecule has 0 radical (unpaired) electrons. The molecule has 13 heteroatoms. The number of nitrogens with one attached hydrogen (secondary N) is 1. The molecule has 1 atom stereocenters. The largest absolute Gasteiger partial charge is 0.573 e. The van der Waals surface area contributed by atoms with Gasteiger partial charge in [-0.15, -0.1) is 13.2 Å². The van der Waals surface area contributed by atoms with E-state index >= 15 is 0 Å². The summed E-state index contributed by atoms with van der Waals surface area (Å²) in [5, 5.41) is 2.77. The Hall–Kier alpha value is -5.90. The van der Waals surface area contributed by atoms with Crippen molar-refractivity contribution in [2.45, 2.75) is 32.2 Å². The van der Waals surface area contributed by atoms with Gasteiger partial charge in [-0.1, -0.05) is 32.0 Å². The number of hydrogen-bond acceptors (Lipinski definition) is 7. The molecule has 0 aliphatic carbocycles. The van der Waals surface area contributed by atoms with Crippen molar-refractivity contribution in [2.24, 2.45) is 0 Å². The third kappa shape index (κ3) is 6.72. The molecule has 47 heavy (non-hydrogen) atoms.